The van der Waals surface area contributed by atoms with E-state index in [0.29, 0.717) is 13.1 Å². The topological polar surface area (TPSA) is 53.6 Å². The zero-order valence-electron chi connectivity index (χ0n) is 12.2. The highest BCUT2D eigenvalue weighted by atomic mass is 16.5. The Morgan fingerprint density at radius 2 is 2.05 bits per heavy atom. The average molecular weight is 269 g/mol. The standard InChI is InChI=1S/C14H27N3O2/c1-11(2)19-5-3-4-16-14(18)10-17-8-12-6-15-7-13(12)9-17/h11-13,15H,3-10H2,1-2H3,(H,16,18). The van der Waals surface area contributed by atoms with E-state index in [1.54, 1.807) is 0 Å². The van der Waals surface area contributed by atoms with Gasteiger partial charge in [-0.25, -0.2) is 0 Å². The minimum Gasteiger partial charge on any atom is -0.379 e. The maximum atomic E-state index is 11.8. The van der Waals surface area contributed by atoms with Crippen LogP contribution in [0.3, 0.4) is 0 Å². The molecule has 2 rings (SSSR count). The van der Waals surface area contributed by atoms with Gasteiger partial charge in [-0.15, -0.1) is 0 Å². The maximum Gasteiger partial charge on any atom is 0.234 e. The van der Waals surface area contributed by atoms with Crippen molar-refractivity contribution in [1.82, 2.24) is 15.5 Å². The van der Waals surface area contributed by atoms with Crippen molar-refractivity contribution in [2.75, 3.05) is 45.9 Å². The molecule has 2 saturated heterocycles. The Labute approximate surface area is 116 Å². The predicted molar refractivity (Wildman–Crippen MR) is 75.0 cm³/mol. The molecule has 0 spiro atoms. The maximum absolute atomic E-state index is 11.8. The monoisotopic (exact) mass is 269 g/mol. The van der Waals surface area contributed by atoms with Gasteiger partial charge in [0, 0.05) is 26.2 Å². The van der Waals surface area contributed by atoms with Crippen molar-refractivity contribution >= 4 is 5.91 Å². The lowest BCUT2D eigenvalue weighted by molar-refractivity contribution is -0.122. The number of hydrogen-bond donors (Lipinski definition) is 2. The first kappa shape index (κ1) is 14.8. The van der Waals surface area contributed by atoms with Crippen molar-refractivity contribution in [1.29, 1.82) is 0 Å². The Morgan fingerprint density at radius 1 is 1.37 bits per heavy atom. The van der Waals surface area contributed by atoms with Crippen molar-refractivity contribution in [3.63, 3.8) is 0 Å². The summed E-state index contributed by atoms with van der Waals surface area (Å²) in [5.74, 6) is 1.66. The second-order valence-corrected chi connectivity index (χ2v) is 6.00. The lowest BCUT2D eigenvalue weighted by atomic mass is 10.0. The van der Waals surface area contributed by atoms with E-state index in [1.165, 1.54) is 0 Å². The molecule has 0 aromatic rings. The molecule has 2 unspecified atom stereocenters. The summed E-state index contributed by atoms with van der Waals surface area (Å²) >= 11 is 0. The number of fused-ring (bicyclic) bond motifs is 1. The molecule has 0 saturated carbocycles. The van der Waals surface area contributed by atoms with Crippen LogP contribution in [0.25, 0.3) is 0 Å². The first-order chi connectivity index (χ1) is 9.15. The van der Waals surface area contributed by atoms with E-state index in [-0.39, 0.29) is 12.0 Å². The number of likely N-dealkylation sites (tertiary alicyclic amines) is 1. The fourth-order valence-corrected chi connectivity index (χ4v) is 2.96. The summed E-state index contributed by atoms with van der Waals surface area (Å²) in [5.41, 5.74) is 0. The summed E-state index contributed by atoms with van der Waals surface area (Å²) in [6.07, 6.45) is 1.16. The smallest absolute Gasteiger partial charge is 0.234 e. The molecule has 19 heavy (non-hydrogen) atoms. The third kappa shape index (κ3) is 4.75. The van der Waals surface area contributed by atoms with Crippen LogP contribution in [0.2, 0.25) is 0 Å². The molecule has 0 radical (unpaired) electrons. The Hall–Kier alpha value is -0.650. The SMILES string of the molecule is CC(C)OCCCNC(=O)CN1CC2CNCC2C1. The van der Waals surface area contributed by atoms with E-state index >= 15 is 0 Å². The van der Waals surface area contributed by atoms with Crippen LogP contribution in [0.1, 0.15) is 20.3 Å². The van der Waals surface area contributed by atoms with Gasteiger partial charge in [0.25, 0.3) is 0 Å². The van der Waals surface area contributed by atoms with Crippen molar-refractivity contribution in [2.45, 2.75) is 26.4 Å². The summed E-state index contributed by atoms with van der Waals surface area (Å²) in [7, 11) is 0. The van der Waals surface area contributed by atoms with Crippen LogP contribution >= 0.6 is 0 Å². The first-order valence-electron chi connectivity index (χ1n) is 7.46. The largest absolute Gasteiger partial charge is 0.379 e. The molecule has 2 aliphatic heterocycles. The number of nitrogens with zero attached hydrogens (tertiary/aromatic N) is 1. The van der Waals surface area contributed by atoms with E-state index in [2.05, 4.69) is 15.5 Å². The van der Waals surface area contributed by atoms with Crippen molar-refractivity contribution < 1.29 is 9.53 Å². The minimum absolute atomic E-state index is 0.150. The number of carbonyl (C=O) groups excluding carboxylic acids is 1. The molecule has 2 fully saturated rings. The van der Waals surface area contributed by atoms with Gasteiger partial charge in [0.2, 0.25) is 5.91 Å². The number of hydrogen-bond acceptors (Lipinski definition) is 4. The quantitative estimate of drug-likeness (QED) is 0.642. The van der Waals surface area contributed by atoms with Gasteiger partial charge in [-0.1, -0.05) is 0 Å². The van der Waals surface area contributed by atoms with Gasteiger partial charge in [-0.05, 0) is 45.2 Å². The van der Waals surface area contributed by atoms with Crippen molar-refractivity contribution in [3.8, 4) is 0 Å². The Balaban J connectivity index is 1.53. The highest BCUT2D eigenvalue weighted by Crippen LogP contribution is 2.25. The van der Waals surface area contributed by atoms with Crippen molar-refractivity contribution in [2.24, 2.45) is 11.8 Å². The molecule has 0 bridgehead atoms. The van der Waals surface area contributed by atoms with Gasteiger partial charge in [0.15, 0.2) is 0 Å². The number of rotatable bonds is 7. The third-order valence-corrected chi connectivity index (χ3v) is 3.93. The van der Waals surface area contributed by atoms with E-state index in [4.69, 9.17) is 4.74 Å². The van der Waals surface area contributed by atoms with Gasteiger partial charge < -0.3 is 15.4 Å². The summed E-state index contributed by atoms with van der Waals surface area (Å²) < 4.78 is 5.44. The number of carbonyl (C=O) groups is 1. The van der Waals surface area contributed by atoms with Gasteiger partial charge in [0.1, 0.15) is 0 Å². The van der Waals surface area contributed by atoms with Crippen LogP contribution in [-0.4, -0.2) is 62.8 Å². The molecule has 2 N–H and O–H groups in total. The van der Waals surface area contributed by atoms with Crippen LogP contribution < -0.4 is 10.6 Å². The average Bonchev–Trinajstić information content (AvgIpc) is 2.88. The van der Waals surface area contributed by atoms with Gasteiger partial charge in [0.05, 0.1) is 12.6 Å². The molecule has 5 nitrogen and oxygen atoms in total. The van der Waals surface area contributed by atoms with Crippen LogP contribution in [0.15, 0.2) is 0 Å². The van der Waals surface area contributed by atoms with Crippen LogP contribution in [0.4, 0.5) is 0 Å². The molecule has 110 valence electrons. The molecule has 1 amide bonds. The summed E-state index contributed by atoms with van der Waals surface area (Å²) in [5, 5.41) is 6.39. The minimum atomic E-state index is 0.150. The first-order valence-corrected chi connectivity index (χ1v) is 7.46. The van der Waals surface area contributed by atoms with Crippen LogP contribution in [-0.2, 0) is 9.53 Å². The molecule has 2 atom stereocenters. The van der Waals surface area contributed by atoms with Gasteiger partial charge in [-0.2, -0.15) is 0 Å². The number of amides is 1. The normalized spacial score (nSPS) is 26.9. The molecular weight excluding hydrogens is 242 g/mol. The lowest BCUT2D eigenvalue weighted by Gasteiger charge is -2.16. The molecule has 0 aromatic heterocycles. The second-order valence-electron chi connectivity index (χ2n) is 6.00. The number of nitrogens with one attached hydrogen (secondary N) is 2. The summed E-state index contributed by atoms with van der Waals surface area (Å²) in [4.78, 5) is 14.1. The Morgan fingerprint density at radius 3 is 2.68 bits per heavy atom. The highest BCUT2D eigenvalue weighted by Gasteiger charge is 2.36. The van der Waals surface area contributed by atoms with E-state index in [0.717, 1.165) is 51.0 Å². The van der Waals surface area contributed by atoms with E-state index in [1.807, 2.05) is 13.8 Å². The molecule has 0 aliphatic carbocycles. The highest BCUT2D eigenvalue weighted by molar-refractivity contribution is 5.78. The fourth-order valence-electron chi connectivity index (χ4n) is 2.96. The zero-order valence-corrected chi connectivity index (χ0v) is 12.2. The third-order valence-electron chi connectivity index (χ3n) is 3.93. The van der Waals surface area contributed by atoms with E-state index in [9.17, 15) is 4.79 Å². The summed E-state index contributed by atoms with van der Waals surface area (Å²) in [6, 6.07) is 0. The van der Waals surface area contributed by atoms with Crippen LogP contribution in [0.5, 0.6) is 0 Å². The predicted octanol–water partition coefficient (Wildman–Crippen LogP) is 0.0689. The lowest BCUT2D eigenvalue weighted by Crippen LogP contribution is -2.38. The molecule has 2 heterocycles. The Bertz CT molecular complexity index is 284. The van der Waals surface area contributed by atoms with Gasteiger partial charge in [-0.3, -0.25) is 9.69 Å². The van der Waals surface area contributed by atoms with Crippen molar-refractivity contribution in [3.05, 3.63) is 0 Å². The molecule has 5 heteroatoms. The number of ether oxygens (including phenoxy) is 1. The summed E-state index contributed by atoms with van der Waals surface area (Å²) in [6.45, 7) is 10.4. The zero-order chi connectivity index (χ0) is 13.7. The fraction of sp³-hybridized carbons (Fsp3) is 0.929. The van der Waals surface area contributed by atoms with E-state index < -0.39 is 0 Å². The molecule has 0 aromatic carbocycles. The second kappa shape index (κ2) is 7.22. The van der Waals surface area contributed by atoms with Gasteiger partial charge >= 0.3 is 0 Å². The molecular formula is C14H27N3O2. The molecule has 2 aliphatic rings. The van der Waals surface area contributed by atoms with Crippen LogP contribution in [0, 0.1) is 11.8 Å². The Kier molecular flexibility index (Phi) is 5.60.